The first kappa shape index (κ1) is 99.2. The predicted octanol–water partition coefficient (Wildman–Crippen LogP) is 13.7. The highest BCUT2D eigenvalue weighted by Crippen LogP contribution is 2.50. The third kappa shape index (κ3) is 21.5. The number of benzene rings is 5. The van der Waals surface area contributed by atoms with Crippen molar-refractivity contribution in [1.29, 1.82) is 0 Å². The molecule has 19 heterocycles. The van der Waals surface area contributed by atoms with Gasteiger partial charge in [-0.05, 0) is 142 Å². The Morgan fingerprint density at radius 3 is 1.09 bits per heavy atom. The average Bonchev–Trinajstić information content (AvgIpc) is 1.63. The van der Waals surface area contributed by atoms with Crippen LogP contribution in [-0.4, -0.2) is 296 Å². The third-order valence-corrected chi connectivity index (χ3v) is 32.2. The van der Waals surface area contributed by atoms with Crippen molar-refractivity contribution in [3.05, 3.63) is 205 Å². The molecule has 45 heteroatoms. The average molecular weight is 2060 g/mol. The Morgan fingerprint density at radius 1 is 0.386 bits per heavy atom. The summed E-state index contributed by atoms with van der Waals surface area (Å²) in [5, 5.41) is 25.2. The molecule has 145 heavy (non-hydrogen) atoms. The summed E-state index contributed by atoms with van der Waals surface area (Å²) in [6.07, 6.45) is 9.90. The van der Waals surface area contributed by atoms with E-state index in [-0.39, 0.29) is 59.2 Å². The first-order valence-electron chi connectivity index (χ1n) is 48.5. The number of carbonyl (C=O) groups excluding carboxylic acids is 5. The summed E-state index contributed by atoms with van der Waals surface area (Å²) in [5.74, 6) is 3.99. The van der Waals surface area contributed by atoms with Gasteiger partial charge in [-0.3, -0.25) is 28.9 Å². The summed E-state index contributed by atoms with van der Waals surface area (Å²) < 4.78 is 55.1. The number of nitrogens with zero attached hydrogens (tertiary/aromatic N) is 23. The molecule has 4 fully saturated rings. The van der Waals surface area contributed by atoms with Gasteiger partial charge < -0.3 is 80.2 Å². The molecule has 10 aromatic heterocycles. The van der Waals surface area contributed by atoms with E-state index in [0.717, 1.165) is 191 Å². The van der Waals surface area contributed by atoms with Crippen molar-refractivity contribution in [2.75, 3.05) is 184 Å². The lowest BCUT2D eigenvalue weighted by atomic mass is 9.97. The second-order valence-corrected chi connectivity index (χ2v) is 41.3. The summed E-state index contributed by atoms with van der Waals surface area (Å²) >= 11 is 6.34. The van der Waals surface area contributed by atoms with Gasteiger partial charge in [-0.25, -0.2) is 74.8 Å². The second-order valence-electron chi connectivity index (χ2n) is 36.4. The fourth-order valence-electron chi connectivity index (χ4n) is 19.9. The topological polar surface area (TPSA) is 413 Å². The Hall–Kier alpha value is -13.2. The molecular weight excluding hydrogens is 1950 g/mol. The number of piperazine rings is 1. The van der Waals surface area contributed by atoms with Gasteiger partial charge in [-0.15, -0.1) is 0 Å². The van der Waals surface area contributed by atoms with Crippen LogP contribution in [-0.2, 0) is 26.8 Å². The molecule has 752 valence electrons. The molecule has 6 N–H and O–H groups in total. The number of hydrogen-bond acceptors (Lipinski definition) is 37. The van der Waals surface area contributed by atoms with Crippen LogP contribution in [0.3, 0.4) is 0 Å². The van der Waals surface area contributed by atoms with Crippen LogP contribution in [0.4, 0.5) is 70.7 Å². The van der Waals surface area contributed by atoms with Crippen molar-refractivity contribution >= 4 is 195 Å². The number of likely N-dealkylation sites (N-methyl/N-ethyl adjacent to an activating group) is 1. The number of carbonyl (C=O) groups is 5. The summed E-state index contributed by atoms with van der Waals surface area (Å²) in [6.45, 7) is 19.2. The maximum Gasteiger partial charge on any atom is 0.416 e. The van der Waals surface area contributed by atoms with E-state index in [0.29, 0.717) is 144 Å². The molecule has 0 aliphatic carbocycles. The largest absolute Gasteiger partial charge is 0.416 e. The number of nitrogens with one attached hydrogen (secondary N) is 5. The number of thiazole rings is 5. The van der Waals surface area contributed by atoms with Crippen molar-refractivity contribution < 1.29 is 56.5 Å². The molecule has 5 amide bonds. The number of ether oxygens (including phenoxy) is 3. The van der Waals surface area contributed by atoms with Crippen LogP contribution in [0.25, 0.3) is 51.7 Å². The zero-order valence-electron chi connectivity index (χ0n) is 80.3. The maximum absolute atomic E-state index is 12.9. The monoisotopic (exact) mass is 2060 g/mol. The van der Waals surface area contributed by atoms with Crippen molar-refractivity contribution in [3.63, 3.8) is 0 Å². The molecule has 37 nitrogen and oxygen atoms in total. The standard InChI is InChI=1S/C26H33N7O2S.C25H30N6O3S.C17H17N5O2S.C16H12F3N5OS.C16H15N5OS/c1-31-10-12-32(13-11-31)9-6-18-16-33(21-5-3-2-4-20(18)21)23-22-25(28-17-27-23)36-26(30-22)24(34)29-19-7-14-35-15-8-19;32-23(28-18-6-11-33-12-7-18)25-29-21-22(26-16-27-24(21)35-25)31-15-17(19-3-1-2-4-20(19)31)5-8-30-9-13-34-14-10-30;1-18-15(24)17-21-13-14(19-9-20-16(13)25-17)22-8-10(6-7-23)11-4-2-3-5-12(11)22;1-20-13(25)15-23-11-12(21-7-22-14(11)26-15)24-5-4-8-6-9(16(17,18)19)2-3-10(8)24;1-9-7-21(11-6-4-3-5-10(9)11)13-12-15(19-8-18-13)23-16(20-12)14(22)17-2/h2-5,17-19H,6-16H2,1H3,(H,29,34);1-4,16-18H,5-15H2,(H,28,32);2-5,9-10,23H,6-8H2,1H3,(H,18,24);2-3,6-7H,4-5H2,1H3,(H,20,25);3-6,8-9H,7H2,1-2H3,(H,17,22). The minimum atomic E-state index is -4.37. The van der Waals surface area contributed by atoms with Gasteiger partial charge in [0.1, 0.15) is 83.4 Å². The van der Waals surface area contributed by atoms with Crippen LogP contribution in [0.1, 0.15) is 158 Å². The van der Waals surface area contributed by atoms with Gasteiger partial charge in [0.2, 0.25) is 0 Å². The smallest absolute Gasteiger partial charge is 0.396 e. The minimum absolute atomic E-state index is 0.131. The maximum atomic E-state index is 12.9. The molecule has 4 unspecified atom stereocenters. The van der Waals surface area contributed by atoms with Gasteiger partial charge in [0, 0.05) is 190 Å². The number of alkyl halides is 3. The summed E-state index contributed by atoms with van der Waals surface area (Å²) in [6, 6.07) is 37.6. The Morgan fingerprint density at radius 2 is 0.717 bits per heavy atom. The van der Waals surface area contributed by atoms with E-state index in [4.69, 9.17) is 24.2 Å². The van der Waals surface area contributed by atoms with E-state index in [1.165, 1.54) is 117 Å². The number of aromatic nitrogens is 15. The number of aliphatic hydroxyl groups excluding tert-OH is 1. The molecule has 9 aliphatic heterocycles. The fraction of sp³-hybridized carbons (Fsp3) is 0.400. The van der Waals surface area contributed by atoms with Gasteiger partial charge in [-0.2, -0.15) is 13.2 Å². The Bertz CT molecular complexity index is 7230. The molecule has 9 aliphatic rings. The van der Waals surface area contributed by atoms with Crippen LogP contribution in [0.5, 0.6) is 0 Å². The van der Waals surface area contributed by atoms with Crippen molar-refractivity contribution in [1.82, 2.24) is 116 Å². The molecular formula is C100H107F3N28O9S5. The molecule has 4 atom stereocenters. The van der Waals surface area contributed by atoms with Gasteiger partial charge >= 0.3 is 6.18 Å². The third-order valence-electron chi connectivity index (χ3n) is 27.4. The number of para-hydroxylation sites is 4. The highest BCUT2D eigenvalue weighted by Gasteiger charge is 2.40. The molecule has 15 aromatic rings. The van der Waals surface area contributed by atoms with Gasteiger partial charge in [0.15, 0.2) is 54.1 Å². The first-order chi connectivity index (χ1) is 70.7. The van der Waals surface area contributed by atoms with Gasteiger partial charge in [-0.1, -0.05) is 136 Å². The molecule has 0 spiro atoms. The number of morpholine rings is 1. The number of aliphatic hydroxyl groups is 1. The van der Waals surface area contributed by atoms with Gasteiger partial charge in [0.25, 0.3) is 29.5 Å². The minimum Gasteiger partial charge on any atom is -0.396 e. The van der Waals surface area contributed by atoms with Crippen LogP contribution in [0.2, 0.25) is 0 Å². The molecule has 4 saturated heterocycles. The molecule has 0 saturated carbocycles. The van der Waals surface area contributed by atoms with Crippen LogP contribution in [0, 0.1) is 0 Å². The van der Waals surface area contributed by atoms with E-state index in [1.807, 2.05) is 29.2 Å². The highest BCUT2D eigenvalue weighted by atomic mass is 32.1. The quantitative estimate of drug-likeness (QED) is 0.0413. The number of fused-ring (bicyclic) bond motifs is 10. The van der Waals surface area contributed by atoms with E-state index in [9.17, 15) is 42.3 Å². The van der Waals surface area contributed by atoms with E-state index < -0.39 is 11.7 Å². The van der Waals surface area contributed by atoms with E-state index in [1.54, 1.807) is 26.7 Å². The van der Waals surface area contributed by atoms with Crippen LogP contribution in [0.15, 0.2) is 147 Å². The zero-order valence-corrected chi connectivity index (χ0v) is 84.4. The Labute approximate surface area is 852 Å². The van der Waals surface area contributed by atoms with Crippen LogP contribution >= 0.6 is 56.7 Å². The summed E-state index contributed by atoms with van der Waals surface area (Å²) in [5.41, 5.74) is 13.6. The fourth-order valence-corrected chi connectivity index (χ4v) is 24.0. The normalized spacial score (nSPS) is 18.5. The SMILES string of the molecule is CN1CCN(CCC2CN(c3ncnc4sc(C(=O)NC5CCOCC5)nc34)c3ccccc32)CC1.CNC(=O)c1nc2c(N3CC(C)c4ccccc43)ncnc2s1.CNC(=O)c1nc2c(N3CC(CCO)c4ccccc43)ncnc2s1.CNC(=O)c1nc2c(N3CCc4cc(C(F)(F)F)ccc43)ncnc2s1.O=C(NC1CCOCC1)c1nc2c(N3CC(CCN4CCOCC4)c4ccccc43)ncnc2s1. The van der Waals surface area contributed by atoms with Crippen molar-refractivity contribution in [2.24, 2.45) is 0 Å². The van der Waals surface area contributed by atoms with Gasteiger partial charge in [0.05, 0.1) is 18.8 Å². The lowest BCUT2D eigenvalue weighted by Crippen LogP contribution is -2.44. The number of halogens is 3. The Balaban J connectivity index is 0.000000112. The first-order valence-corrected chi connectivity index (χ1v) is 52.6. The van der Waals surface area contributed by atoms with Crippen molar-refractivity contribution in [2.45, 2.75) is 100 Å². The molecule has 24 rings (SSSR count). The molecule has 0 radical (unpaired) electrons. The highest BCUT2D eigenvalue weighted by molar-refractivity contribution is 7.21. The number of rotatable bonds is 20. The van der Waals surface area contributed by atoms with Crippen molar-refractivity contribution in [3.8, 4) is 0 Å². The number of amides is 5. The Kier molecular flexibility index (Phi) is 30.4. The zero-order chi connectivity index (χ0) is 99.9. The van der Waals surface area contributed by atoms with Crippen LogP contribution < -0.4 is 51.1 Å². The number of hydrogen-bond donors (Lipinski definition) is 6. The number of anilines is 10. The lowest BCUT2D eigenvalue weighted by Gasteiger charge is -2.33. The second kappa shape index (κ2) is 44.4. The van der Waals surface area contributed by atoms with E-state index in [2.05, 4.69) is 212 Å². The van der Waals surface area contributed by atoms with E-state index >= 15 is 0 Å². The molecule has 0 bridgehead atoms. The lowest BCUT2D eigenvalue weighted by molar-refractivity contribution is -0.137. The predicted molar refractivity (Wildman–Crippen MR) is 554 cm³/mol. The molecule has 5 aromatic carbocycles. The summed E-state index contributed by atoms with van der Waals surface area (Å²) in [4.78, 5) is 150. The summed E-state index contributed by atoms with van der Waals surface area (Å²) in [7, 11) is 6.88.